The maximum absolute atomic E-state index is 11.9. The van der Waals surface area contributed by atoms with Crippen LogP contribution in [0.4, 0.5) is 5.69 Å². The van der Waals surface area contributed by atoms with E-state index in [9.17, 15) is 9.59 Å². The van der Waals surface area contributed by atoms with Crippen LogP contribution in [0.25, 0.3) is 0 Å². The van der Waals surface area contributed by atoms with Gasteiger partial charge in [-0.3, -0.25) is 0 Å². The third kappa shape index (κ3) is 3.40. The molecule has 6 heteroatoms. The van der Waals surface area contributed by atoms with Gasteiger partial charge in [0.2, 0.25) is 0 Å². The van der Waals surface area contributed by atoms with Gasteiger partial charge >= 0.3 is 11.9 Å². The number of aryl methyl sites for hydroxylation is 1. The summed E-state index contributed by atoms with van der Waals surface area (Å²) in [5, 5.41) is 8.95. The molecule has 2 rings (SSSR count). The van der Waals surface area contributed by atoms with E-state index in [1.165, 1.54) is 31.0 Å². The molecule has 0 atom stereocenters. The van der Waals surface area contributed by atoms with E-state index in [4.69, 9.17) is 15.6 Å². The van der Waals surface area contributed by atoms with Crippen molar-refractivity contribution >= 4 is 29.4 Å². The van der Waals surface area contributed by atoms with Crippen molar-refractivity contribution < 1.29 is 19.4 Å². The molecule has 114 valence electrons. The van der Waals surface area contributed by atoms with Gasteiger partial charge in [-0.25, -0.2) is 9.59 Å². The number of rotatable bonds is 4. The topological polar surface area (TPSA) is 89.6 Å². The number of carbonyl (C=O) groups is 2. The van der Waals surface area contributed by atoms with E-state index in [1.807, 2.05) is 19.1 Å². The van der Waals surface area contributed by atoms with Crippen molar-refractivity contribution in [3.05, 3.63) is 53.1 Å². The number of benzene rings is 2. The molecule has 0 bridgehead atoms. The van der Waals surface area contributed by atoms with Crippen molar-refractivity contribution in [3.63, 3.8) is 0 Å². The van der Waals surface area contributed by atoms with Gasteiger partial charge in [0.25, 0.3) is 0 Å². The molecule has 0 amide bonds. The smallest absolute Gasteiger partial charge is 0.339 e. The molecule has 0 aliphatic rings. The first kappa shape index (κ1) is 15.9. The number of ether oxygens (including phenoxy) is 1. The van der Waals surface area contributed by atoms with Crippen LogP contribution in [0.3, 0.4) is 0 Å². The van der Waals surface area contributed by atoms with Crippen LogP contribution in [0, 0.1) is 6.92 Å². The summed E-state index contributed by atoms with van der Waals surface area (Å²) in [5.74, 6) is -1.46. The third-order valence-corrected chi connectivity index (χ3v) is 4.18. The minimum Gasteiger partial charge on any atom is -0.478 e. The molecule has 0 spiro atoms. The minimum absolute atomic E-state index is 0.124. The second kappa shape index (κ2) is 6.53. The molecular weight excluding hydrogens is 302 g/mol. The zero-order valence-corrected chi connectivity index (χ0v) is 12.9. The first-order valence-electron chi connectivity index (χ1n) is 6.42. The molecule has 0 radical (unpaired) electrons. The van der Waals surface area contributed by atoms with Gasteiger partial charge in [-0.1, -0.05) is 23.4 Å². The first-order valence-corrected chi connectivity index (χ1v) is 7.23. The normalized spacial score (nSPS) is 10.3. The van der Waals surface area contributed by atoms with Crippen molar-refractivity contribution in [2.45, 2.75) is 16.7 Å². The summed E-state index contributed by atoms with van der Waals surface area (Å²) in [4.78, 5) is 24.2. The number of nitrogens with two attached hydrogens (primary N) is 1. The quantitative estimate of drug-likeness (QED) is 0.665. The van der Waals surface area contributed by atoms with Crippen molar-refractivity contribution in [1.29, 1.82) is 0 Å². The summed E-state index contributed by atoms with van der Waals surface area (Å²) in [6.07, 6.45) is 0. The van der Waals surface area contributed by atoms with Gasteiger partial charge < -0.3 is 15.6 Å². The molecule has 5 nitrogen and oxygen atoms in total. The van der Waals surface area contributed by atoms with Crippen LogP contribution in [0.2, 0.25) is 0 Å². The Morgan fingerprint density at radius 1 is 1.14 bits per heavy atom. The Kier molecular flexibility index (Phi) is 4.72. The van der Waals surface area contributed by atoms with Gasteiger partial charge in [0.05, 0.1) is 18.2 Å². The van der Waals surface area contributed by atoms with Crippen LogP contribution in [-0.4, -0.2) is 24.2 Å². The lowest BCUT2D eigenvalue weighted by molar-refractivity contribution is 0.0595. The van der Waals surface area contributed by atoms with E-state index in [2.05, 4.69) is 0 Å². The molecule has 2 aromatic rings. The molecule has 0 fully saturated rings. The van der Waals surface area contributed by atoms with Crippen LogP contribution < -0.4 is 5.73 Å². The Morgan fingerprint density at radius 3 is 2.41 bits per heavy atom. The lowest BCUT2D eigenvalue weighted by atomic mass is 10.1. The van der Waals surface area contributed by atoms with E-state index < -0.39 is 11.9 Å². The monoisotopic (exact) mass is 317 g/mol. The van der Waals surface area contributed by atoms with E-state index in [0.717, 1.165) is 5.56 Å². The number of anilines is 1. The third-order valence-electron chi connectivity index (χ3n) is 3.02. The highest BCUT2D eigenvalue weighted by molar-refractivity contribution is 7.99. The van der Waals surface area contributed by atoms with E-state index in [-0.39, 0.29) is 5.56 Å². The molecule has 0 aliphatic heterocycles. The second-order valence-electron chi connectivity index (χ2n) is 4.65. The number of carboxylic acid groups (broad SMARTS) is 1. The predicted molar refractivity (Wildman–Crippen MR) is 84.5 cm³/mol. The number of carboxylic acids is 1. The number of carbonyl (C=O) groups excluding carboxylic acids is 1. The van der Waals surface area contributed by atoms with Gasteiger partial charge in [-0.2, -0.15) is 0 Å². The number of hydrogen-bond acceptors (Lipinski definition) is 5. The minimum atomic E-state index is -1.03. The standard InChI is InChI=1S/C16H15NO4S/c1-9-3-5-13(11(7-9)16(20)21-2)22-14-6-4-10(15(18)19)8-12(14)17/h3-8H,17H2,1-2H3,(H,18,19). The summed E-state index contributed by atoms with van der Waals surface area (Å²) >= 11 is 1.29. The van der Waals surface area contributed by atoms with Crippen LogP contribution in [0.1, 0.15) is 26.3 Å². The Hall–Kier alpha value is -2.47. The fraction of sp³-hybridized carbons (Fsp3) is 0.125. The van der Waals surface area contributed by atoms with Crippen molar-refractivity contribution in [1.82, 2.24) is 0 Å². The highest BCUT2D eigenvalue weighted by atomic mass is 32.2. The lowest BCUT2D eigenvalue weighted by Crippen LogP contribution is -2.04. The maximum atomic E-state index is 11.9. The zero-order valence-electron chi connectivity index (χ0n) is 12.1. The SMILES string of the molecule is COC(=O)c1cc(C)ccc1Sc1ccc(C(=O)O)cc1N. The molecule has 3 N–H and O–H groups in total. The number of hydrogen-bond donors (Lipinski definition) is 2. The summed E-state index contributed by atoms with van der Waals surface area (Å²) in [5.41, 5.74) is 7.76. The van der Waals surface area contributed by atoms with Gasteiger partial charge in [0.15, 0.2) is 0 Å². The van der Waals surface area contributed by atoms with Gasteiger partial charge in [-0.05, 0) is 37.3 Å². The number of aromatic carboxylic acids is 1. The predicted octanol–water partition coefficient (Wildman–Crippen LogP) is 3.21. The molecule has 0 aliphatic carbocycles. The molecule has 22 heavy (non-hydrogen) atoms. The average molecular weight is 317 g/mol. The highest BCUT2D eigenvalue weighted by Gasteiger charge is 2.15. The largest absolute Gasteiger partial charge is 0.478 e. The molecule has 0 aromatic heterocycles. The molecule has 2 aromatic carbocycles. The fourth-order valence-electron chi connectivity index (χ4n) is 1.90. The van der Waals surface area contributed by atoms with Gasteiger partial charge in [0, 0.05) is 15.5 Å². The average Bonchev–Trinajstić information content (AvgIpc) is 2.49. The van der Waals surface area contributed by atoms with Crippen molar-refractivity contribution in [3.8, 4) is 0 Å². The van der Waals surface area contributed by atoms with Crippen LogP contribution in [0.5, 0.6) is 0 Å². The van der Waals surface area contributed by atoms with Crippen LogP contribution in [0.15, 0.2) is 46.2 Å². The molecule has 0 saturated heterocycles. The molecule has 0 saturated carbocycles. The highest BCUT2D eigenvalue weighted by Crippen LogP contribution is 2.35. The van der Waals surface area contributed by atoms with Crippen LogP contribution >= 0.6 is 11.8 Å². The summed E-state index contributed by atoms with van der Waals surface area (Å²) in [7, 11) is 1.33. The maximum Gasteiger partial charge on any atom is 0.339 e. The zero-order chi connectivity index (χ0) is 16.3. The molecule has 0 heterocycles. The van der Waals surface area contributed by atoms with Gasteiger partial charge in [-0.15, -0.1) is 0 Å². The summed E-state index contributed by atoms with van der Waals surface area (Å²) in [6.45, 7) is 1.89. The first-order chi connectivity index (χ1) is 10.4. The Morgan fingerprint density at radius 2 is 1.82 bits per heavy atom. The Bertz CT molecular complexity index is 743. The van der Waals surface area contributed by atoms with Crippen molar-refractivity contribution in [2.24, 2.45) is 0 Å². The number of esters is 1. The van der Waals surface area contributed by atoms with E-state index in [0.29, 0.717) is 21.0 Å². The van der Waals surface area contributed by atoms with E-state index in [1.54, 1.807) is 12.1 Å². The van der Waals surface area contributed by atoms with Gasteiger partial charge in [0.1, 0.15) is 0 Å². The van der Waals surface area contributed by atoms with Crippen molar-refractivity contribution in [2.75, 3.05) is 12.8 Å². The fourth-order valence-corrected chi connectivity index (χ4v) is 2.83. The second-order valence-corrected chi connectivity index (χ2v) is 5.73. The lowest BCUT2D eigenvalue weighted by Gasteiger charge is -2.10. The molecular formula is C16H15NO4S. The Labute approximate surface area is 132 Å². The van der Waals surface area contributed by atoms with E-state index >= 15 is 0 Å². The Balaban J connectivity index is 2.39. The van der Waals surface area contributed by atoms with Crippen LogP contribution in [-0.2, 0) is 4.74 Å². The number of nitrogen functional groups attached to an aromatic ring is 1. The number of methoxy groups -OCH3 is 1. The molecule has 0 unspecified atom stereocenters. The summed E-state index contributed by atoms with van der Waals surface area (Å²) in [6, 6.07) is 9.96. The summed E-state index contributed by atoms with van der Waals surface area (Å²) < 4.78 is 4.79.